The summed E-state index contributed by atoms with van der Waals surface area (Å²) >= 11 is 6.43. The molecule has 1 atom stereocenters. The summed E-state index contributed by atoms with van der Waals surface area (Å²) in [7, 11) is 5.45. The quantitative estimate of drug-likeness (QED) is 0.801. The molecule has 0 saturated heterocycles. The van der Waals surface area contributed by atoms with Gasteiger partial charge in [-0.2, -0.15) is 0 Å². The Morgan fingerprint density at radius 1 is 1.36 bits per heavy atom. The smallest absolute Gasteiger partial charge is 0.254 e. The highest BCUT2D eigenvalue weighted by atomic mass is 35.5. The molecule has 0 fully saturated rings. The lowest BCUT2D eigenvalue weighted by Crippen LogP contribution is -2.22. The van der Waals surface area contributed by atoms with Crippen molar-refractivity contribution in [3.8, 4) is 5.75 Å². The van der Waals surface area contributed by atoms with Crippen molar-refractivity contribution in [2.24, 2.45) is 0 Å². The summed E-state index contributed by atoms with van der Waals surface area (Å²) < 4.78 is 11.8. The molecule has 5 nitrogen and oxygen atoms in total. The molecule has 2 aromatic rings. The topological polar surface area (TPSA) is 45.9 Å². The van der Waals surface area contributed by atoms with E-state index in [4.69, 9.17) is 20.8 Å². The maximum absolute atomic E-state index is 12.2. The number of amides is 1. The molecule has 25 heavy (non-hydrogen) atoms. The van der Waals surface area contributed by atoms with Gasteiger partial charge in [0.25, 0.3) is 5.91 Å². The lowest BCUT2D eigenvalue weighted by Gasteiger charge is -2.20. The Hall–Kier alpha value is -1.69. The van der Waals surface area contributed by atoms with Crippen LogP contribution in [0.5, 0.6) is 5.75 Å². The van der Waals surface area contributed by atoms with Crippen LogP contribution in [0.1, 0.15) is 34.2 Å². The number of benzene rings is 1. The summed E-state index contributed by atoms with van der Waals surface area (Å²) in [5.41, 5.74) is 1.48. The molecule has 3 rings (SSSR count). The van der Waals surface area contributed by atoms with Gasteiger partial charge in [0, 0.05) is 32.6 Å². The molecule has 7 heteroatoms. The van der Waals surface area contributed by atoms with Gasteiger partial charge < -0.3 is 14.1 Å². The number of ether oxygens (including phenoxy) is 1. The molecule has 136 valence electrons. The van der Waals surface area contributed by atoms with E-state index < -0.39 is 0 Å². The average molecular weight is 385 g/mol. The number of hydrogen-bond acceptors (Lipinski definition) is 4. The van der Waals surface area contributed by atoms with Crippen LogP contribution >= 0.6 is 24.0 Å². The van der Waals surface area contributed by atoms with Crippen molar-refractivity contribution in [3.05, 3.63) is 52.4 Å². The first kappa shape index (κ1) is 19.6. The first-order valence-corrected chi connectivity index (χ1v) is 8.26. The fourth-order valence-corrected chi connectivity index (χ4v) is 3.12. The van der Waals surface area contributed by atoms with Crippen molar-refractivity contribution in [1.82, 2.24) is 9.80 Å². The Bertz CT molecular complexity index is 746. The van der Waals surface area contributed by atoms with Gasteiger partial charge in [-0.3, -0.25) is 9.69 Å². The van der Waals surface area contributed by atoms with Crippen LogP contribution < -0.4 is 4.74 Å². The maximum atomic E-state index is 12.2. The number of rotatable bonds is 3. The molecule has 0 N–H and O–H groups in total. The predicted molar refractivity (Wildman–Crippen MR) is 99.7 cm³/mol. The van der Waals surface area contributed by atoms with Gasteiger partial charge in [-0.25, -0.2) is 0 Å². The van der Waals surface area contributed by atoms with Gasteiger partial charge in [0.05, 0.1) is 23.4 Å². The Kier molecular flexibility index (Phi) is 6.38. The lowest BCUT2D eigenvalue weighted by molar-refractivity contribution is 0.0827. The van der Waals surface area contributed by atoms with E-state index in [1.165, 1.54) is 4.90 Å². The van der Waals surface area contributed by atoms with Gasteiger partial charge >= 0.3 is 0 Å². The van der Waals surface area contributed by atoms with E-state index in [2.05, 4.69) is 11.9 Å². The molecule has 1 aliphatic rings. The Balaban J connectivity index is 0.00000225. The third-order valence-electron chi connectivity index (χ3n) is 4.18. The second kappa shape index (κ2) is 8.13. The first-order chi connectivity index (χ1) is 11.5. The Morgan fingerprint density at radius 2 is 2.12 bits per heavy atom. The van der Waals surface area contributed by atoms with Crippen LogP contribution in [-0.4, -0.2) is 43.4 Å². The van der Waals surface area contributed by atoms with Gasteiger partial charge in [-0.1, -0.05) is 17.7 Å². The van der Waals surface area contributed by atoms with Crippen LogP contribution in [0.15, 0.2) is 34.9 Å². The normalized spacial score (nSPS) is 17.2. The zero-order valence-electron chi connectivity index (χ0n) is 14.5. The molecular formula is C18H22Cl2N2O3. The van der Waals surface area contributed by atoms with E-state index in [-0.39, 0.29) is 24.4 Å². The van der Waals surface area contributed by atoms with Crippen molar-refractivity contribution in [2.75, 3.05) is 27.7 Å². The second-order valence-electron chi connectivity index (χ2n) is 6.25. The predicted octanol–water partition coefficient (Wildman–Crippen LogP) is 4.01. The summed E-state index contributed by atoms with van der Waals surface area (Å²) in [5.74, 6) is 1.29. The van der Waals surface area contributed by atoms with Crippen molar-refractivity contribution in [1.29, 1.82) is 0 Å². The van der Waals surface area contributed by atoms with E-state index >= 15 is 0 Å². The SMILES string of the molecule is CN1CCC(Oc2cccc(C(=O)N(C)C)c2Cl)c2ccoc2C1.Cl. The standard InChI is InChI=1S/C18H21ClN2O3.ClH/c1-20(2)18(22)13-5-4-6-15(17(13)19)24-14-7-9-21(3)11-16-12(14)8-10-23-16;/h4-6,8,10,14H,7,9,11H2,1-3H3;1H. The van der Waals surface area contributed by atoms with Gasteiger partial charge in [0.2, 0.25) is 0 Å². The summed E-state index contributed by atoms with van der Waals surface area (Å²) in [6, 6.07) is 7.24. The minimum Gasteiger partial charge on any atom is -0.484 e. The number of nitrogens with zero attached hydrogens (tertiary/aromatic N) is 2. The third-order valence-corrected chi connectivity index (χ3v) is 4.57. The number of carbonyl (C=O) groups is 1. The molecule has 0 spiro atoms. The second-order valence-corrected chi connectivity index (χ2v) is 6.63. The first-order valence-electron chi connectivity index (χ1n) is 7.89. The average Bonchev–Trinajstić information content (AvgIpc) is 2.94. The van der Waals surface area contributed by atoms with Crippen LogP contribution in [0.4, 0.5) is 0 Å². The van der Waals surface area contributed by atoms with Crippen molar-refractivity contribution >= 4 is 29.9 Å². The highest BCUT2D eigenvalue weighted by molar-refractivity contribution is 6.35. The van der Waals surface area contributed by atoms with Crippen LogP contribution in [-0.2, 0) is 6.54 Å². The van der Waals surface area contributed by atoms with Gasteiger partial charge in [-0.05, 0) is 25.2 Å². The highest BCUT2D eigenvalue weighted by Crippen LogP contribution is 2.36. The Labute approximate surface area is 158 Å². The molecule has 1 aromatic carbocycles. The van der Waals surface area contributed by atoms with E-state index in [0.717, 1.165) is 30.8 Å². The molecule has 1 amide bonds. The minimum absolute atomic E-state index is 0. The summed E-state index contributed by atoms with van der Waals surface area (Å²) in [6.07, 6.45) is 2.37. The molecule has 2 heterocycles. The zero-order chi connectivity index (χ0) is 17.3. The van der Waals surface area contributed by atoms with E-state index in [0.29, 0.717) is 16.3 Å². The van der Waals surface area contributed by atoms with Crippen molar-refractivity contribution in [3.63, 3.8) is 0 Å². The third kappa shape index (κ3) is 4.11. The van der Waals surface area contributed by atoms with E-state index in [1.807, 2.05) is 6.07 Å². The monoisotopic (exact) mass is 384 g/mol. The number of hydrogen-bond donors (Lipinski definition) is 0. The number of fused-ring (bicyclic) bond motifs is 1. The molecule has 0 radical (unpaired) electrons. The van der Waals surface area contributed by atoms with Gasteiger partial charge in [0.1, 0.15) is 17.6 Å². The molecule has 1 unspecified atom stereocenters. The van der Waals surface area contributed by atoms with E-state index in [9.17, 15) is 4.79 Å². The summed E-state index contributed by atoms with van der Waals surface area (Å²) in [5, 5.41) is 0.346. The number of carbonyl (C=O) groups excluding carboxylic acids is 1. The van der Waals surface area contributed by atoms with Crippen LogP contribution in [0, 0.1) is 0 Å². The fourth-order valence-electron chi connectivity index (χ4n) is 2.87. The molecule has 0 aliphatic carbocycles. The minimum atomic E-state index is -0.147. The molecule has 0 bridgehead atoms. The number of halogens is 2. The van der Waals surface area contributed by atoms with Crippen LogP contribution in [0.3, 0.4) is 0 Å². The highest BCUT2D eigenvalue weighted by Gasteiger charge is 2.26. The summed E-state index contributed by atoms with van der Waals surface area (Å²) in [4.78, 5) is 15.9. The van der Waals surface area contributed by atoms with Crippen molar-refractivity contribution < 1.29 is 13.9 Å². The van der Waals surface area contributed by atoms with Crippen LogP contribution in [0.25, 0.3) is 0 Å². The van der Waals surface area contributed by atoms with Gasteiger partial charge in [0.15, 0.2) is 0 Å². The number of furan rings is 1. The molecule has 1 aliphatic heterocycles. The zero-order valence-corrected chi connectivity index (χ0v) is 16.1. The molecule has 0 saturated carbocycles. The van der Waals surface area contributed by atoms with Gasteiger partial charge in [-0.15, -0.1) is 12.4 Å². The lowest BCUT2D eigenvalue weighted by atomic mass is 10.1. The maximum Gasteiger partial charge on any atom is 0.254 e. The van der Waals surface area contributed by atoms with Crippen LogP contribution in [0.2, 0.25) is 5.02 Å². The molecular weight excluding hydrogens is 363 g/mol. The Morgan fingerprint density at radius 3 is 2.84 bits per heavy atom. The summed E-state index contributed by atoms with van der Waals surface area (Å²) in [6.45, 7) is 1.65. The largest absolute Gasteiger partial charge is 0.484 e. The van der Waals surface area contributed by atoms with Crippen molar-refractivity contribution in [2.45, 2.75) is 19.1 Å². The fraction of sp³-hybridized carbons (Fsp3) is 0.389. The van der Waals surface area contributed by atoms with E-state index in [1.54, 1.807) is 38.6 Å². The molecule has 1 aromatic heterocycles.